The molecule has 0 spiro atoms. The minimum atomic E-state index is -0.883. The minimum Gasteiger partial charge on any atom is -0.507 e. The second-order valence-electron chi connectivity index (χ2n) is 9.96. The fraction of sp³-hybridized carbons (Fsp3) is 0.176. The Labute approximate surface area is 234 Å². The van der Waals surface area contributed by atoms with Crippen molar-refractivity contribution in [2.45, 2.75) is 33.4 Å². The van der Waals surface area contributed by atoms with Crippen molar-refractivity contribution in [2.75, 3.05) is 12.0 Å². The van der Waals surface area contributed by atoms with Gasteiger partial charge in [0.25, 0.3) is 11.7 Å². The molecule has 1 atom stereocenters. The van der Waals surface area contributed by atoms with E-state index in [1.807, 2.05) is 87.5 Å². The topological polar surface area (TPSA) is 76.1 Å². The molecule has 0 aliphatic carbocycles. The van der Waals surface area contributed by atoms with Crippen LogP contribution in [0.4, 0.5) is 5.69 Å². The van der Waals surface area contributed by atoms with E-state index >= 15 is 0 Å². The number of hydrogen-bond donors (Lipinski definition) is 1. The third-order valence-corrected chi connectivity index (χ3v) is 7.18. The number of nitrogens with zero attached hydrogens (tertiary/aromatic N) is 1. The van der Waals surface area contributed by atoms with Crippen molar-refractivity contribution in [2.24, 2.45) is 0 Å². The van der Waals surface area contributed by atoms with Crippen molar-refractivity contribution in [3.8, 4) is 11.5 Å². The lowest BCUT2D eigenvalue weighted by molar-refractivity contribution is -0.132. The summed E-state index contributed by atoms with van der Waals surface area (Å²) in [4.78, 5) is 28.6. The average Bonchev–Trinajstić information content (AvgIpc) is 3.22. The molecule has 0 bridgehead atoms. The Kier molecular flexibility index (Phi) is 7.43. The van der Waals surface area contributed by atoms with Crippen molar-refractivity contribution in [3.63, 3.8) is 0 Å². The second-order valence-corrected chi connectivity index (χ2v) is 9.96. The third-order valence-electron chi connectivity index (χ3n) is 7.18. The minimum absolute atomic E-state index is 0.00632. The highest BCUT2D eigenvalue weighted by Gasteiger charge is 2.48. The first-order chi connectivity index (χ1) is 19.3. The molecule has 0 radical (unpaired) electrons. The summed E-state index contributed by atoms with van der Waals surface area (Å²) in [6.07, 6.45) is 0. The first-order valence-corrected chi connectivity index (χ1v) is 13.1. The molecule has 1 aliphatic heterocycles. The Hall–Kier alpha value is -4.84. The van der Waals surface area contributed by atoms with Gasteiger partial charge < -0.3 is 14.6 Å². The van der Waals surface area contributed by atoms with Gasteiger partial charge in [0, 0.05) is 16.8 Å². The molecule has 1 saturated heterocycles. The van der Waals surface area contributed by atoms with Crippen LogP contribution in [0.5, 0.6) is 11.5 Å². The van der Waals surface area contributed by atoms with Crippen LogP contribution in [0.3, 0.4) is 0 Å². The number of aryl methyl sites for hydroxylation is 3. The normalized spacial score (nSPS) is 16.3. The number of para-hydroxylation sites is 1. The van der Waals surface area contributed by atoms with Crippen LogP contribution in [-0.2, 0) is 16.2 Å². The number of rotatable bonds is 7. The predicted molar refractivity (Wildman–Crippen MR) is 156 cm³/mol. The van der Waals surface area contributed by atoms with Crippen molar-refractivity contribution < 1.29 is 24.2 Å². The summed E-state index contributed by atoms with van der Waals surface area (Å²) in [5.41, 5.74) is 5.34. The Balaban J connectivity index is 1.60. The Morgan fingerprint density at radius 3 is 2.25 bits per heavy atom. The number of benzene rings is 4. The molecule has 4 aromatic carbocycles. The molecule has 1 aliphatic rings. The van der Waals surface area contributed by atoms with E-state index in [1.54, 1.807) is 31.4 Å². The molecule has 1 unspecified atom stereocenters. The van der Waals surface area contributed by atoms with Gasteiger partial charge in [-0.2, -0.15) is 0 Å². The maximum atomic E-state index is 13.6. The highest BCUT2D eigenvalue weighted by molar-refractivity contribution is 6.51. The van der Waals surface area contributed by atoms with E-state index in [0.29, 0.717) is 34.9 Å². The second kappa shape index (κ2) is 11.1. The number of carbonyl (C=O) groups excluding carboxylic acids is 2. The first kappa shape index (κ1) is 26.8. The molecule has 4 aromatic rings. The van der Waals surface area contributed by atoms with Crippen LogP contribution in [0, 0.1) is 20.8 Å². The van der Waals surface area contributed by atoms with Gasteiger partial charge in [-0.15, -0.1) is 0 Å². The van der Waals surface area contributed by atoms with Crippen LogP contribution in [-0.4, -0.2) is 23.9 Å². The summed E-state index contributed by atoms with van der Waals surface area (Å²) >= 11 is 0. The van der Waals surface area contributed by atoms with Gasteiger partial charge in [0.2, 0.25) is 0 Å². The average molecular weight is 534 g/mol. The van der Waals surface area contributed by atoms with E-state index in [2.05, 4.69) is 0 Å². The number of anilines is 1. The number of methoxy groups -OCH3 is 1. The summed E-state index contributed by atoms with van der Waals surface area (Å²) in [6.45, 7) is 6.15. The van der Waals surface area contributed by atoms with Crippen LogP contribution in [0.25, 0.3) is 5.76 Å². The lowest BCUT2D eigenvalue weighted by Gasteiger charge is -2.28. The molecular weight excluding hydrogens is 502 g/mol. The summed E-state index contributed by atoms with van der Waals surface area (Å²) in [7, 11) is 1.54. The summed E-state index contributed by atoms with van der Waals surface area (Å²) in [5.74, 6) is -0.535. The highest BCUT2D eigenvalue weighted by Crippen LogP contribution is 2.45. The van der Waals surface area contributed by atoms with Crippen LogP contribution in [0.2, 0.25) is 0 Å². The zero-order valence-corrected chi connectivity index (χ0v) is 23.0. The third kappa shape index (κ3) is 4.96. The largest absolute Gasteiger partial charge is 0.507 e. The Morgan fingerprint density at radius 1 is 0.825 bits per heavy atom. The number of hydrogen-bond acceptors (Lipinski definition) is 5. The molecule has 0 aromatic heterocycles. The van der Waals surface area contributed by atoms with E-state index in [0.717, 1.165) is 22.3 Å². The molecule has 0 saturated carbocycles. The summed E-state index contributed by atoms with van der Waals surface area (Å²) in [6, 6.07) is 27.1. The summed E-state index contributed by atoms with van der Waals surface area (Å²) < 4.78 is 11.6. The lowest BCUT2D eigenvalue weighted by atomic mass is 9.93. The van der Waals surface area contributed by atoms with Gasteiger partial charge in [-0.3, -0.25) is 14.5 Å². The molecule has 6 heteroatoms. The molecule has 5 rings (SSSR count). The predicted octanol–water partition coefficient (Wildman–Crippen LogP) is 6.83. The molecule has 1 fully saturated rings. The summed E-state index contributed by atoms with van der Waals surface area (Å²) in [5, 5.41) is 11.6. The van der Waals surface area contributed by atoms with Crippen LogP contribution < -0.4 is 14.4 Å². The molecule has 1 amide bonds. The molecule has 202 valence electrons. The van der Waals surface area contributed by atoms with Gasteiger partial charge in [0.1, 0.15) is 23.9 Å². The van der Waals surface area contributed by atoms with Crippen molar-refractivity contribution >= 4 is 23.1 Å². The first-order valence-electron chi connectivity index (χ1n) is 13.1. The van der Waals surface area contributed by atoms with Gasteiger partial charge in [-0.25, -0.2) is 0 Å². The van der Waals surface area contributed by atoms with Crippen LogP contribution in [0.1, 0.15) is 39.4 Å². The van der Waals surface area contributed by atoms with Gasteiger partial charge in [0.05, 0.1) is 18.7 Å². The standard InChI is InChI=1S/C34H31NO5/c1-21-14-16-27(22(2)18-21)35-31(26-12-8-9-13-29(26)39-4)30(33(37)34(35)38)32(36)25-15-17-28(23(3)19-25)40-20-24-10-6-5-7-11-24/h5-19,31,36H,20H2,1-4H3/b32-30+. The fourth-order valence-corrected chi connectivity index (χ4v) is 5.19. The van der Waals surface area contributed by atoms with E-state index in [4.69, 9.17) is 9.47 Å². The number of aliphatic hydroxyl groups is 1. The van der Waals surface area contributed by atoms with Gasteiger partial charge >= 0.3 is 0 Å². The number of Topliss-reactive ketones (excluding diaryl/α,β-unsaturated/α-hetero) is 1. The van der Waals surface area contributed by atoms with Crippen LogP contribution >= 0.6 is 0 Å². The van der Waals surface area contributed by atoms with E-state index in [-0.39, 0.29) is 11.3 Å². The Bertz CT molecular complexity index is 1620. The Morgan fingerprint density at radius 2 is 1.55 bits per heavy atom. The number of ether oxygens (including phenoxy) is 2. The number of ketones is 1. The highest BCUT2D eigenvalue weighted by atomic mass is 16.5. The van der Waals surface area contributed by atoms with Crippen molar-refractivity contribution in [3.05, 3.63) is 130 Å². The zero-order chi connectivity index (χ0) is 28.4. The lowest BCUT2D eigenvalue weighted by Crippen LogP contribution is -2.30. The van der Waals surface area contributed by atoms with Crippen molar-refractivity contribution in [1.82, 2.24) is 0 Å². The molecule has 1 heterocycles. The SMILES string of the molecule is COc1ccccc1C1/C(=C(\O)c2ccc(OCc3ccccc3)c(C)c2)C(=O)C(=O)N1c1ccc(C)cc1C. The zero-order valence-electron chi connectivity index (χ0n) is 23.0. The van der Waals surface area contributed by atoms with Gasteiger partial charge in [-0.05, 0) is 67.8 Å². The monoisotopic (exact) mass is 533 g/mol. The van der Waals surface area contributed by atoms with Gasteiger partial charge in [0.15, 0.2) is 0 Å². The molecule has 1 N–H and O–H groups in total. The van der Waals surface area contributed by atoms with E-state index < -0.39 is 17.7 Å². The van der Waals surface area contributed by atoms with Gasteiger partial charge in [-0.1, -0.05) is 66.2 Å². The molecule has 40 heavy (non-hydrogen) atoms. The maximum Gasteiger partial charge on any atom is 0.300 e. The molecular formula is C34H31NO5. The fourth-order valence-electron chi connectivity index (χ4n) is 5.19. The smallest absolute Gasteiger partial charge is 0.300 e. The van der Waals surface area contributed by atoms with Crippen LogP contribution in [0.15, 0.2) is 96.6 Å². The van der Waals surface area contributed by atoms with E-state index in [9.17, 15) is 14.7 Å². The van der Waals surface area contributed by atoms with Crippen molar-refractivity contribution in [1.29, 1.82) is 0 Å². The molecule has 6 nitrogen and oxygen atoms in total. The number of amides is 1. The number of aliphatic hydroxyl groups excluding tert-OH is 1. The maximum absolute atomic E-state index is 13.6. The number of carbonyl (C=O) groups is 2. The van der Waals surface area contributed by atoms with E-state index in [1.165, 1.54) is 4.90 Å². The quantitative estimate of drug-likeness (QED) is 0.160.